The maximum absolute atomic E-state index is 10.3. The Hall–Kier alpha value is -0.410. The summed E-state index contributed by atoms with van der Waals surface area (Å²) in [6.07, 6.45) is 4.03. The van der Waals surface area contributed by atoms with Gasteiger partial charge in [0.15, 0.2) is 0 Å². The SMILES string of the molecule is CCC(C)(C)c1nc2c(s1)C(C)(O)CCC2. The van der Waals surface area contributed by atoms with Gasteiger partial charge in [0, 0.05) is 5.41 Å². The summed E-state index contributed by atoms with van der Waals surface area (Å²) in [5.41, 5.74) is 0.628. The third-order valence-corrected chi connectivity index (χ3v) is 5.44. The van der Waals surface area contributed by atoms with Gasteiger partial charge in [-0.05, 0) is 32.6 Å². The summed E-state index contributed by atoms with van der Waals surface area (Å²) >= 11 is 1.71. The van der Waals surface area contributed by atoms with Gasteiger partial charge in [-0.2, -0.15) is 0 Å². The minimum absolute atomic E-state index is 0.137. The van der Waals surface area contributed by atoms with Gasteiger partial charge in [-0.15, -0.1) is 11.3 Å². The summed E-state index contributed by atoms with van der Waals surface area (Å²) in [4.78, 5) is 5.85. The molecule has 0 bridgehead atoms. The van der Waals surface area contributed by atoms with Crippen molar-refractivity contribution in [2.75, 3.05) is 0 Å². The third kappa shape index (κ3) is 1.91. The molecular weight excluding hydrogens is 218 g/mol. The molecule has 2 rings (SSSR count). The van der Waals surface area contributed by atoms with Crippen molar-refractivity contribution in [3.8, 4) is 0 Å². The van der Waals surface area contributed by atoms with Crippen molar-refractivity contribution in [1.82, 2.24) is 4.98 Å². The lowest BCUT2D eigenvalue weighted by molar-refractivity contribution is 0.0422. The van der Waals surface area contributed by atoms with Gasteiger partial charge in [0.2, 0.25) is 0 Å². The lowest BCUT2D eigenvalue weighted by atomic mass is 9.88. The zero-order valence-electron chi connectivity index (χ0n) is 10.6. The standard InChI is InChI=1S/C13H21NOS/c1-5-12(2,3)11-14-9-7-6-8-13(4,15)10(9)16-11/h15H,5-8H2,1-4H3. The summed E-state index contributed by atoms with van der Waals surface area (Å²) in [6, 6.07) is 0. The highest BCUT2D eigenvalue weighted by Gasteiger charge is 2.35. The van der Waals surface area contributed by atoms with Gasteiger partial charge in [-0.3, -0.25) is 0 Å². The van der Waals surface area contributed by atoms with Crippen molar-refractivity contribution >= 4 is 11.3 Å². The summed E-state index contributed by atoms with van der Waals surface area (Å²) in [5, 5.41) is 11.5. The van der Waals surface area contributed by atoms with Gasteiger partial charge in [-0.1, -0.05) is 20.8 Å². The fraction of sp³-hybridized carbons (Fsp3) is 0.769. The first-order chi connectivity index (χ1) is 7.37. The zero-order chi connectivity index (χ0) is 12.0. The Bertz CT molecular complexity index is 393. The molecule has 0 amide bonds. The van der Waals surface area contributed by atoms with Gasteiger partial charge >= 0.3 is 0 Å². The number of fused-ring (bicyclic) bond motifs is 1. The van der Waals surface area contributed by atoms with E-state index in [1.54, 1.807) is 11.3 Å². The van der Waals surface area contributed by atoms with Gasteiger partial charge < -0.3 is 5.11 Å². The largest absolute Gasteiger partial charge is 0.385 e. The molecular formula is C13H21NOS. The van der Waals surface area contributed by atoms with Crippen LogP contribution in [0.2, 0.25) is 0 Å². The van der Waals surface area contributed by atoms with E-state index >= 15 is 0 Å². The molecule has 3 heteroatoms. The Morgan fingerprint density at radius 3 is 2.75 bits per heavy atom. The summed E-state index contributed by atoms with van der Waals surface area (Å²) in [7, 11) is 0. The van der Waals surface area contributed by atoms with Crippen LogP contribution in [0.3, 0.4) is 0 Å². The average Bonchev–Trinajstić information content (AvgIpc) is 2.63. The first-order valence-corrected chi connectivity index (χ1v) is 6.91. The number of rotatable bonds is 2. The van der Waals surface area contributed by atoms with E-state index in [2.05, 4.69) is 20.8 Å². The lowest BCUT2D eigenvalue weighted by Gasteiger charge is -2.26. The predicted molar refractivity (Wildman–Crippen MR) is 67.9 cm³/mol. The van der Waals surface area contributed by atoms with Crippen LogP contribution in [0.1, 0.15) is 62.5 Å². The van der Waals surface area contributed by atoms with Crippen LogP contribution in [0.15, 0.2) is 0 Å². The Morgan fingerprint density at radius 2 is 2.19 bits per heavy atom. The molecule has 1 atom stereocenters. The molecule has 90 valence electrons. The van der Waals surface area contributed by atoms with E-state index in [4.69, 9.17) is 4.98 Å². The van der Waals surface area contributed by atoms with E-state index in [0.717, 1.165) is 36.3 Å². The molecule has 1 aliphatic rings. The van der Waals surface area contributed by atoms with Gasteiger partial charge in [-0.25, -0.2) is 4.98 Å². The molecule has 1 N–H and O–H groups in total. The molecule has 0 saturated carbocycles. The number of hydrogen-bond donors (Lipinski definition) is 1. The fourth-order valence-electron chi connectivity index (χ4n) is 2.10. The number of thiazole rings is 1. The lowest BCUT2D eigenvalue weighted by Crippen LogP contribution is -2.25. The highest BCUT2D eigenvalue weighted by atomic mass is 32.1. The molecule has 16 heavy (non-hydrogen) atoms. The maximum atomic E-state index is 10.3. The summed E-state index contributed by atoms with van der Waals surface area (Å²) in [6.45, 7) is 8.57. The van der Waals surface area contributed by atoms with E-state index in [-0.39, 0.29) is 5.41 Å². The molecule has 1 aromatic rings. The number of aliphatic hydroxyl groups is 1. The topological polar surface area (TPSA) is 33.1 Å². The second-order valence-corrected chi connectivity index (χ2v) is 6.66. The van der Waals surface area contributed by atoms with E-state index in [1.807, 2.05) is 6.92 Å². The molecule has 1 unspecified atom stereocenters. The van der Waals surface area contributed by atoms with Crippen molar-refractivity contribution in [2.45, 2.75) is 64.4 Å². The molecule has 0 saturated heterocycles. The molecule has 0 aliphatic heterocycles. The Balaban J connectivity index is 2.44. The maximum Gasteiger partial charge on any atom is 0.0988 e. The zero-order valence-corrected chi connectivity index (χ0v) is 11.4. The van der Waals surface area contributed by atoms with Crippen molar-refractivity contribution in [3.63, 3.8) is 0 Å². The molecule has 1 heterocycles. The second-order valence-electron chi connectivity index (χ2n) is 5.66. The van der Waals surface area contributed by atoms with Crippen LogP contribution in [0.4, 0.5) is 0 Å². The van der Waals surface area contributed by atoms with Gasteiger partial charge in [0.25, 0.3) is 0 Å². The van der Waals surface area contributed by atoms with Crippen molar-refractivity contribution in [3.05, 3.63) is 15.6 Å². The quantitative estimate of drug-likeness (QED) is 0.858. The molecule has 1 aromatic heterocycles. The van der Waals surface area contributed by atoms with E-state index in [0.29, 0.717) is 0 Å². The van der Waals surface area contributed by atoms with Crippen LogP contribution in [-0.2, 0) is 17.4 Å². The smallest absolute Gasteiger partial charge is 0.0988 e. The van der Waals surface area contributed by atoms with Crippen LogP contribution >= 0.6 is 11.3 Å². The van der Waals surface area contributed by atoms with Gasteiger partial charge in [0.1, 0.15) is 0 Å². The monoisotopic (exact) mass is 239 g/mol. The molecule has 0 aromatic carbocycles. The fourth-order valence-corrected chi connectivity index (χ4v) is 3.45. The van der Waals surface area contributed by atoms with Crippen molar-refractivity contribution in [1.29, 1.82) is 0 Å². The first kappa shape index (κ1) is 12.1. The highest BCUT2D eigenvalue weighted by Crippen LogP contribution is 2.42. The normalized spacial score (nSPS) is 25.6. The molecule has 0 fully saturated rings. The first-order valence-electron chi connectivity index (χ1n) is 6.10. The number of aryl methyl sites for hydroxylation is 1. The predicted octanol–water partition coefficient (Wildman–Crippen LogP) is 3.37. The molecule has 1 aliphatic carbocycles. The average molecular weight is 239 g/mol. The van der Waals surface area contributed by atoms with Gasteiger partial charge in [0.05, 0.1) is 21.2 Å². The number of hydrogen-bond acceptors (Lipinski definition) is 3. The number of nitrogens with zero attached hydrogens (tertiary/aromatic N) is 1. The van der Waals surface area contributed by atoms with E-state index in [9.17, 15) is 5.11 Å². The van der Waals surface area contributed by atoms with Crippen LogP contribution in [-0.4, -0.2) is 10.1 Å². The van der Waals surface area contributed by atoms with Crippen LogP contribution < -0.4 is 0 Å². The van der Waals surface area contributed by atoms with Crippen molar-refractivity contribution in [2.24, 2.45) is 0 Å². The minimum atomic E-state index is -0.646. The third-order valence-electron chi connectivity index (χ3n) is 3.73. The summed E-state index contributed by atoms with van der Waals surface area (Å²) < 4.78 is 0. The molecule has 0 radical (unpaired) electrons. The molecule has 2 nitrogen and oxygen atoms in total. The van der Waals surface area contributed by atoms with E-state index < -0.39 is 5.60 Å². The second kappa shape index (κ2) is 3.81. The highest BCUT2D eigenvalue weighted by molar-refractivity contribution is 7.12. The van der Waals surface area contributed by atoms with Crippen molar-refractivity contribution < 1.29 is 5.11 Å². The van der Waals surface area contributed by atoms with Crippen LogP contribution in [0.5, 0.6) is 0 Å². The summed E-state index contributed by atoms with van der Waals surface area (Å²) in [5.74, 6) is 0. The Kier molecular flexibility index (Phi) is 2.87. The molecule has 0 spiro atoms. The van der Waals surface area contributed by atoms with E-state index in [1.165, 1.54) is 5.01 Å². The number of aromatic nitrogens is 1. The van der Waals surface area contributed by atoms with Crippen LogP contribution in [0.25, 0.3) is 0 Å². The Morgan fingerprint density at radius 1 is 1.50 bits per heavy atom. The van der Waals surface area contributed by atoms with Crippen LogP contribution in [0, 0.1) is 0 Å². The minimum Gasteiger partial charge on any atom is -0.385 e. The Labute approximate surface area is 102 Å².